The Hall–Kier alpha value is -1.29. The number of rotatable bonds is 1. The normalized spacial score (nSPS) is 29.9. The lowest BCUT2D eigenvalue weighted by Crippen LogP contribution is -2.52. The summed E-state index contributed by atoms with van der Waals surface area (Å²) in [5.41, 5.74) is 6.69. The van der Waals surface area contributed by atoms with Crippen LogP contribution < -0.4 is 5.73 Å². The van der Waals surface area contributed by atoms with E-state index < -0.39 is 11.5 Å². The van der Waals surface area contributed by atoms with Gasteiger partial charge in [-0.15, -0.1) is 0 Å². The zero-order valence-corrected chi connectivity index (χ0v) is 9.03. The van der Waals surface area contributed by atoms with Crippen molar-refractivity contribution in [3.63, 3.8) is 0 Å². The summed E-state index contributed by atoms with van der Waals surface area (Å²) >= 11 is 0. The fraction of sp³-hybridized carbons (Fsp3) is 0.545. The number of carboxylic acids is 1. The molecule has 4 heteroatoms. The summed E-state index contributed by atoms with van der Waals surface area (Å²) in [6.45, 7) is 1.91. The molecule has 1 heterocycles. The first-order valence-corrected chi connectivity index (χ1v) is 5.14. The fourth-order valence-electron chi connectivity index (χ4n) is 2.40. The van der Waals surface area contributed by atoms with Gasteiger partial charge >= 0.3 is 5.97 Å². The van der Waals surface area contributed by atoms with E-state index in [-0.39, 0.29) is 5.92 Å². The fourth-order valence-corrected chi connectivity index (χ4v) is 2.40. The molecule has 1 aliphatic rings. The lowest BCUT2D eigenvalue weighted by molar-refractivity contribution is -0.146. The predicted octanol–water partition coefficient (Wildman–Crippen LogP) is 0.846. The van der Waals surface area contributed by atoms with Gasteiger partial charge in [0.25, 0.3) is 0 Å². The van der Waals surface area contributed by atoms with Crippen molar-refractivity contribution in [2.45, 2.75) is 25.3 Å². The molecule has 2 atom stereocenters. The Morgan fingerprint density at radius 1 is 1.67 bits per heavy atom. The molecule has 0 spiro atoms. The second-order valence-electron chi connectivity index (χ2n) is 4.48. The minimum atomic E-state index is -1.21. The highest BCUT2D eigenvalue weighted by Crippen LogP contribution is 2.38. The Kier molecular flexibility index (Phi) is 2.12. The van der Waals surface area contributed by atoms with Crippen LogP contribution in [0.15, 0.2) is 12.4 Å². The Balaban J connectivity index is 2.59. The minimum absolute atomic E-state index is 0.0232. The van der Waals surface area contributed by atoms with Gasteiger partial charge in [-0.3, -0.25) is 0 Å². The van der Waals surface area contributed by atoms with E-state index in [9.17, 15) is 9.90 Å². The van der Waals surface area contributed by atoms with Gasteiger partial charge in [-0.2, -0.15) is 0 Å². The van der Waals surface area contributed by atoms with E-state index in [1.807, 2.05) is 30.9 Å². The van der Waals surface area contributed by atoms with Gasteiger partial charge in [0.15, 0.2) is 0 Å². The molecule has 15 heavy (non-hydrogen) atoms. The number of nitrogens with two attached hydrogens (primary N) is 1. The van der Waals surface area contributed by atoms with Gasteiger partial charge in [-0.05, 0) is 24.3 Å². The third kappa shape index (κ3) is 1.28. The number of aromatic nitrogens is 1. The largest absolute Gasteiger partial charge is 0.480 e. The van der Waals surface area contributed by atoms with Crippen LogP contribution in [0.4, 0.5) is 0 Å². The SMILES string of the molecule is CC1CCc2cn(C)cc2C1(N)C(=O)O. The Bertz CT molecular complexity index is 411. The molecule has 1 aromatic heterocycles. The molecule has 0 amide bonds. The molecule has 1 aromatic rings. The molecule has 0 saturated heterocycles. The van der Waals surface area contributed by atoms with Crippen molar-refractivity contribution in [2.24, 2.45) is 18.7 Å². The molecule has 1 aliphatic carbocycles. The summed E-state index contributed by atoms with van der Waals surface area (Å²) in [6.07, 6.45) is 5.55. The molecule has 0 aliphatic heterocycles. The van der Waals surface area contributed by atoms with Crippen LogP contribution in [-0.4, -0.2) is 15.6 Å². The molecule has 0 radical (unpaired) electrons. The standard InChI is InChI=1S/C11H16N2O2/c1-7-3-4-8-5-13(2)6-9(8)11(7,12)10(14)15/h5-7H,3-4,12H2,1-2H3,(H,14,15). The second kappa shape index (κ2) is 3.10. The highest BCUT2D eigenvalue weighted by Gasteiger charge is 2.45. The van der Waals surface area contributed by atoms with E-state index in [0.29, 0.717) is 0 Å². The number of aryl methyl sites for hydroxylation is 2. The number of carbonyl (C=O) groups is 1. The predicted molar refractivity (Wildman–Crippen MR) is 56.4 cm³/mol. The average molecular weight is 208 g/mol. The summed E-state index contributed by atoms with van der Waals surface area (Å²) in [5.74, 6) is -0.952. The van der Waals surface area contributed by atoms with Crippen LogP contribution in [-0.2, 0) is 23.8 Å². The van der Waals surface area contributed by atoms with Crippen LogP contribution in [0.25, 0.3) is 0 Å². The van der Waals surface area contributed by atoms with Gasteiger partial charge in [-0.25, -0.2) is 4.79 Å². The number of nitrogens with zero attached hydrogens (tertiary/aromatic N) is 1. The zero-order valence-electron chi connectivity index (χ0n) is 9.03. The Labute approximate surface area is 88.7 Å². The van der Waals surface area contributed by atoms with Crippen molar-refractivity contribution >= 4 is 5.97 Å². The van der Waals surface area contributed by atoms with E-state index in [2.05, 4.69) is 0 Å². The van der Waals surface area contributed by atoms with E-state index in [0.717, 1.165) is 24.0 Å². The van der Waals surface area contributed by atoms with Crippen LogP contribution in [0.3, 0.4) is 0 Å². The third-order valence-electron chi connectivity index (χ3n) is 3.46. The smallest absolute Gasteiger partial charge is 0.328 e. The van der Waals surface area contributed by atoms with Crippen LogP contribution in [0.2, 0.25) is 0 Å². The summed E-state index contributed by atoms with van der Waals surface area (Å²) in [5, 5.41) is 9.29. The average Bonchev–Trinajstić information content (AvgIpc) is 2.53. The highest BCUT2D eigenvalue weighted by atomic mass is 16.4. The van der Waals surface area contributed by atoms with Gasteiger partial charge in [0, 0.05) is 25.0 Å². The molecule has 0 saturated carbocycles. The summed E-state index contributed by atoms with van der Waals surface area (Å²) in [6, 6.07) is 0. The maximum absolute atomic E-state index is 11.3. The molecule has 0 bridgehead atoms. The van der Waals surface area contributed by atoms with Crippen molar-refractivity contribution in [1.82, 2.24) is 4.57 Å². The van der Waals surface area contributed by atoms with Crippen molar-refractivity contribution in [1.29, 1.82) is 0 Å². The number of carboxylic acid groups (broad SMARTS) is 1. The lowest BCUT2D eigenvalue weighted by atomic mass is 9.72. The van der Waals surface area contributed by atoms with Crippen molar-refractivity contribution in [3.05, 3.63) is 23.5 Å². The quantitative estimate of drug-likeness (QED) is 0.718. The molecule has 0 aromatic carbocycles. The van der Waals surface area contributed by atoms with E-state index in [4.69, 9.17) is 5.73 Å². The summed E-state index contributed by atoms with van der Waals surface area (Å²) < 4.78 is 1.88. The molecular weight excluding hydrogens is 192 g/mol. The number of fused-ring (bicyclic) bond motifs is 1. The lowest BCUT2D eigenvalue weighted by Gasteiger charge is -2.35. The van der Waals surface area contributed by atoms with Gasteiger partial charge < -0.3 is 15.4 Å². The number of hydrogen-bond donors (Lipinski definition) is 2. The van der Waals surface area contributed by atoms with Crippen molar-refractivity contribution in [3.8, 4) is 0 Å². The number of aliphatic carboxylic acids is 1. The molecule has 4 nitrogen and oxygen atoms in total. The first kappa shape index (κ1) is 10.2. The molecule has 0 fully saturated rings. The third-order valence-corrected chi connectivity index (χ3v) is 3.46. The topological polar surface area (TPSA) is 68.2 Å². The monoisotopic (exact) mass is 208 g/mol. The first-order chi connectivity index (χ1) is 6.96. The van der Waals surface area contributed by atoms with Gasteiger partial charge in [0.2, 0.25) is 0 Å². The summed E-state index contributed by atoms with van der Waals surface area (Å²) in [4.78, 5) is 11.3. The van der Waals surface area contributed by atoms with Crippen molar-refractivity contribution in [2.75, 3.05) is 0 Å². The molecule has 82 valence electrons. The van der Waals surface area contributed by atoms with Crippen LogP contribution in [0, 0.1) is 5.92 Å². The molecule has 2 rings (SSSR count). The van der Waals surface area contributed by atoms with Crippen LogP contribution >= 0.6 is 0 Å². The minimum Gasteiger partial charge on any atom is -0.480 e. The Morgan fingerprint density at radius 2 is 2.33 bits per heavy atom. The van der Waals surface area contributed by atoms with Crippen molar-refractivity contribution < 1.29 is 9.90 Å². The zero-order chi connectivity index (χ0) is 11.2. The van der Waals surface area contributed by atoms with E-state index in [1.54, 1.807) is 0 Å². The van der Waals surface area contributed by atoms with Crippen LogP contribution in [0.5, 0.6) is 0 Å². The maximum Gasteiger partial charge on any atom is 0.328 e. The van der Waals surface area contributed by atoms with Gasteiger partial charge in [-0.1, -0.05) is 6.92 Å². The van der Waals surface area contributed by atoms with Gasteiger partial charge in [0.1, 0.15) is 5.54 Å². The summed E-state index contributed by atoms with van der Waals surface area (Å²) in [7, 11) is 1.89. The first-order valence-electron chi connectivity index (χ1n) is 5.14. The van der Waals surface area contributed by atoms with E-state index in [1.165, 1.54) is 0 Å². The molecule has 3 N–H and O–H groups in total. The molecule has 2 unspecified atom stereocenters. The molecular formula is C11H16N2O2. The van der Waals surface area contributed by atoms with E-state index >= 15 is 0 Å². The second-order valence-corrected chi connectivity index (χ2v) is 4.48. The Morgan fingerprint density at radius 3 is 2.93 bits per heavy atom. The maximum atomic E-state index is 11.3. The van der Waals surface area contributed by atoms with Gasteiger partial charge in [0.05, 0.1) is 0 Å². The number of hydrogen-bond acceptors (Lipinski definition) is 2. The highest BCUT2D eigenvalue weighted by molar-refractivity contribution is 5.82. The van der Waals surface area contributed by atoms with Crippen LogP contribution in [0.1, 0.15) is 24.5 Å².